The van der Waals surface area contributed by atoms with Gasteiger partial charge >= 0.3 is 5.69 Å². The molecule has 1 atom stereocenters. The molecule has 1 aromatic heterocycles. The van der Waals surface area contributed by atoms with Crippen LogP contribution in [-0.4, -0.2) is 34.6 Å². The van der Waals surface area contributed by atoms with E-state index in [0.717, 1.165) is 32.4 Å². The largest absolute Gasteiger partial charge is 0.329 e. The molecule has 2 heterocycles. The van der Waals surface area contributed by atoms with Gasteiger partial charge in [0.2, 0.25) is 0 Å². The molecule has 0 radical (unpaired) electrons. The van der Waals surface area contributed by atoms with Crippen molar-refractivity contribution < 1.29 is 0 Å². The Kier molecular flexibility index (Phi) is 5.05. The molecule has 0 aliphatic carbocycles. The first-order chi connectivity index (χ1) is 9.52. The van der Waals surface area contributed by atoms with Crippen molar-refractivity contribution in [3.8, 4) is 0 Å². The van der Waals surface area contributed by atoms with Crippen LogP contribution >= 0.6 is 11.6 Å². The quantitative estimate of drug-likeness (QED) is 0.857. The number of likely N-dealkylation sites (tertiary alicyclic amines) is 1. The molecule has 1 N–H and O–H groups in total. The van der Waals surface area contributed by atoms with Crippen LogP contribution in [0, 0.1) is 5.92 Å². The van der Waals surface area contributed by atoms with Gasteiger partial charge in [-0.3, -0.25) is 14.3 Å². The highest BCUT2D eigenvalue weighted by Crippen LogP contribution is 2.16. The summed E-state index contributed by atoms with van der Waals surface area (Å²) in [6, 6.07) is 0. The molecular weight excluding hydrogens is 278 g/mol. The summed E-state index contributed by atoms with van der Waals surface area (Å²) in [5.41, 5.74) is -0.0974. The van der Waals surface area contributed by atoms with Crippen LogP contribution in [0.1, 0.15) is 31.7 Å². The van der Waals surface area contributed by atoms with Crippen LogP contribution in [0.2, 0.25) is 5.15 Å². The highest BCUT2D eigenvalue weighted by Gasteiger charge is 2.20. The molecule has 0 bridgehead atoms. The molecule has 1 aliphatic rings. The predicted molar refractivity (Wildman–Crippen MR) is 80.5 cm³/mol. The van der Waals surface area contributed by atoms with Crippen molar-refractivity contribution in [3.05, 3.63) is 31.6 Å². The van der Waals surface area contributed by atoms with Crippen molar-refractivity contribution >= 4 is 11.6 Å². The van der Waals surface area contributed by atoms with E-state index in [0.29, 0.717) is 24.4 Å². The van der Waals surface area contributed by atoms with Gasteiger partial charge in [0.15, 0.2) is 0 Å². The van der Waals surface area contributed by atoms with E-state index in [1.54, 1.807) is 0 Å². The van der Waals surface area contributed by atoms with Crippen molar-refractivity contribution in [2.24, 2.45) is 5.92 Å². The van der Waals surface area contributed by atoms with Gasteiger partial charge in [0.1, 0.15) is 5.15 Å². The molecule has 1 unspecified atom stereocenters. The second-order valence-electron chi connectivity index (χ2n) is 5.66. The molecule has 2 rings (SSSR count). The summed E-state index contributed by atoms with van der Waals surface area (Å²) in [6.45, 7) is 4.48. The van der Waals surface area contributed by atoms with Crippen LogP contribution in [-0.2, 0) is 13.0 Å². The first-order valence-corrected chi connectivity index (χ1v) is 7.60. The van der Waals surface area contributed by atoms with E-state index in [1.807, 2.05) is 6.92 Å². The Morgan fingerprint density at radius 3 is 2.80 bits per heavy atom. The summed E-state index contributed by atoms with van der Waals surface area (Å²) in [7, 11) is 2.07. The predicted octanol–water partition coefficient (Wildman–Crippen LogP) is 1.48. The van der Waals surface area contributed by atoms with E-state index in [2.05, 4.69) is 16.9 Å². The van der Waals surface area contributed by atoms with Crippen molar-refractivity contribution in [1.82, 2.24) is 14.5 Å². The number of nitrogens with one attached hydrogen (secondary N) is 1. The van der Waals surface area contributed by atoms with Gasteiger partial charge in [-0.05, 0) is 38.8 Å². The summed E-state index contributed by atoms with van der Waals surface area (Å²) >= 11 is 5.97. The smallest absolute Gasteiger partial charge is 0.306 e. The third kappa shape index (κ3) is 3.33. The lowest BCUT2D eigenvalue weighted by Crippen LogP contribution is -2.42. The van der Waals surface area contributed by atoms with Gasteiger partial charge in [-0.1, -0.05) is 24.9 Å². The Labute approximate surface area is 123 Å². The lowest BCUT2D eigenvalue weighted by molar-refractivity contribution is 0.192. The van der Waals surface area contributed by atoms with Crippen molar-refractivity contribution in [2.75, 3.05) is 20.1 Å². The third-order valence-electron chi connectivity index (χ3n) is 3.89. The number of halogens is 1. The Balaban J connectivity index is 2.29. The maximum absolute atomic E-state index is 12.4. The summed E-state index contributed by atoms with van der Waals surface area (Å²) < 4.78 is 1.32. The summed E-state index contributed by atoms with van der Waals surface area (Å²) in [6.07, 6.45) is 3.59. The Hall–Kier alpha value is -1.07. The van der Waals surface area contributed by atoms with Crippen LogP contribution in [0.15, 0.2) is 9.59 Å². The minimum Gasteiger partial charge on any atom is -0.306 e. The fourth-order valence-electron chi connectivity index (χ4n) is 2.90. The van der Waals surface area contributed by atoms with Crippen LogP contribution in [0.25, 0.3) is 0 Å². The average Bonchev–Trinajstić information content (AvgIpc) is 2.39. The Bertz CT molecular complexity index is 579. The fraction of sp³-hybridized carbons (Fsp3) is 0.714. The molecule has 5 nitrogen and oxygen atoms in total. The van der Waals surface area contributed by atoms with E-state index >= 15 is 0 Å². The molecular formula is C14H22ClN3O2. The monoisotopic (exact) mass is 299 g/mol. The minimum absolute atomic E-state index is 0.193. The summed E-state index contributed by atoms with van der Waals surface area (Å²) in [4.78, 5) is 29.2. The lowest BCUT2D eigenvalue weighted by atomic mass is 9.98. The van der Waals surface area contributed by atoms with E-state index in [9.17, 15) is 9.59 Å². The van der Waals surface area contributed by atoms with Crippen LogP contribution in [0.4, 0.5) is 0 Å². The van der Waals surface area contributed by atoms with E-state index in [4.69, 9.17) is 11.6 Å². The molecule has 1 fully saturated rings. The fourth-order valence-corrected chi connectivity index (χ4v) is 3.15. The normalized spacial score (nSPS) is 20.2. The zero-order chi connectivity index (χ0) is 14.7. The zero-order valence-electron chi connectivity index (χ0n) is 12.1. The highest BCUT2D eigenvalue weighted by atomic mass is 35.5. The van der Waals surface area contributed by atoms with Gasteiger partial charge in [-0.2, -0.15) is 0 Å². The molecule has 0 spiro atoms. The number of hydrogen-bond acceptors (Lipinski definition) is 3. The van der Waals surface area contributed by atoms with Gasteiger partial charge in [0.05, 0.1) is 5.56 Å². The van der Waals surface area contributed by atoms with E-state index < -0.39 is 5.69 Å². The number of hydrogen-bond donors (Lipinski definition) is 1. The van der Waals surface area contributed by atoms with Gasteiger partial charge in [0, 0.05) is 13.1 Å². The van der Waals surface area contributed by atoms with E-state index in [1.165, 1.54) is 4.57 Å². The number of aromatic nitrogens is 2. The molecule has 0 aromatic carbocycles. The van der Waals surface area contributed by atoms with Crippen molar-refractivity contribution in [3.63, 3.8) is 0 Å². The van der Waals surface area contributed by atoms with Crippen molar-refractivity contribution in [1.29, 1.82) is 0 Å². The number of H-pyrrole nitrogens is 1. The minimum atomic E-state index is -0.395. The summed E-state index contributed by atoms with van der Waals surface area (Å²) in [5.74, 6) is 0.350. The van der Waals surface area contributed by atoms with Gasteiger partial charge in [-0.15, -0.1) is 0 Å². The molecule has 20 heavy (non-hydrogen) atoms. The van der Waals surface area contributed by atoms with E-state index in [-0.39, 0.29) is 10.7 Å². The number of nitrogens with zero attached hydrogens (tertiary/aromatic N) is 2. The first kappa shape index (κ1) is 15.3. The maximum Gasteiger partial charge on any atom is 0.329 e. The first-order valence-electron chi connectivity index (χ1n) is 7.23. The topological polar surface area (TPSA) is 58.1 Å². The molecule has 1 aromatic rings. The Morgan fingerprint density at radius 1 is 1.40 bits per heavy atom. The molecule has 0 saturated carbocycles. The molecule has 0 amide bonds. The average molecular weight is 300 g/mol. The second-order valence-corrected chi connectivity index (χ2v) is 6.04. The van der Waals surface area contributed by atoms with Crippen LogP contribution in [0.5, 0.6) is 0 Å². The number of piperidine rings is 1. The second kappa shape index (κ2) is 6.59. The molecule has 112 valence electrons. The van der Waals surface area contributed by atoms with Gasteiger partial charge in [-0.25, -0.2) is 4.79 Å². The van der Waals surface area contributed by atoms with Crippen LogP contribution in [0.3, 0.4) is 0 Å². The zero-order valence-corrected chi connectivity index (χ0v) is 12.9. The lowest BCUT2D eigenvalue weighted by Gasteiger charge is -2.29. The Morgan fingerprint density at radius 2 is 2.15 bits per heavy atom. The number of rotatable bonds is 4. The van der Waals surface area contributed by atoms with Crippen molar-refractivity contribution in [2.45, 2.75) is 39.2 Å². The third-order valence-corrected chi connectivity index (χ3v) is 4.22. The summed E-state index contributed by atoms with van der Waals surface area (Å²) in [5, 5.41) is 0.193. The molecule has 1 saturated heterocycles. The molecule has 1 aliphatic heterocycles. The van der Waals surface area contributed by atoms with Gasteiger partial charge in [0.25, 0.3) is 5.56 Å². The highest BCUT2D eigenvalue weighted by molar-refractivity contribution is 6.30. The molecule has 6 heteroatoms. The number of aromatic amines is 1. The SMILES string of the molecule is CCCc1c(Cl)[nH]c(=O)n(CC2CCCN(C)C2)c1=O. The maximum atomic E-state index is 12.4. The van der Waals surface area contributed by atoms with Gasteiger partial charge < -0.3 is 4.90 Å². The standard InChI is InChI=1S/C14H22ClN3O2/c1-3-5-11-12(15)16-14(20)18(13(11)19)9-10-6-4-7-17(2)8-10/h10H,3-9H2,1-2H3,(H,16,20). The van der Waals surface area contributed by atoms with Crippen LogP contribution < -0.4 is 11.2 Å².